The van der Waals surface area contributed by atoms with Crippen molar-refractivity contribution >= 4 is 11.9 Å². The van der Waals surface area contributed by atoms with Crippen molar-refractivity contribution in [1.29, 1.82) is 0 Å². The molecule has 2 aliphatic rings. The SMILES string of the molecule is CC(C)n1cc(C[C@H]2NC(=O)N(Cc3noc4c3CCCC4)C2=O)nn1. The highest BCUT2D eigenvalue weighted by Crippen LogP contribution is 2.26. The van der Waals surface area contributed by atoms with Crippen molar-refractivity contribution in [2.24, 2.45) is 0 Å². The summed E-state index contributed by atoms with van der Waals surface area (Å²) in [4.78, 5) is 26.2. The van der Waals surface area contributed by atoms with Gasteiger partial charge in [0, 0.05) is 30.6 Å². The molecule has 0 spiro atoms. The number of imide groups is 1. The average Bonchev–Trinajstić information content (AvgIpc) is 3.31. The summed E-state index contributed by atoms with van der Waals surface area (Å²) in [5.41, 5.74) is 2.42. The van der Waals surface area contributed by atoms with Crippen LogP contribution in [0.5, 0.6) is 0 Å². The second-order valence-corrected chi connectivity index (χ2v) is 7.15. The Morgan fingerprint density at radius 1 is 1.31 bits per heavy atom. The Balaban J connectivity index is 1.46. The summed E-state index contributed by atoms with van der Waals surface area (Å²) in [6.45, 7) is 4.15. The van der Waals surface area contributed by atoms with E-state index in [-0.39, 0.29) is 18.5 Å². The molecule has 9 nitrogen and oxygen atoms in total. The van der Waals surface area contributed by atoms with Crippen LogP contribution in [0, 0.1) is 0 Å². The molecule has 0 saturated carbocycles. The van der Waals surface area contributed by atoms with Crippen molar-refractivity contribution in [3.05, 3.63) is 28.9 Å². The number of rotatable bonds is 5. The van der Waals surface area contributed by atoms with Crippen LogP contribution >= 0.6 is 0 Å². The Hall–Kier alpha value is -2.71. The van der Waals surface area contributed by atoms with Crippen molar-refractivity contribution in [2.75, 3.05) is 0 Å². The summed E-state index contributed by atoms with van der Waals surface area (Å²) in [6.07, 6.45) is 6.06. The lowest BCUT2D eigenvalue weighted by Crippen LogP contribution is -2.32. The molecule has 3 amide bonds. The van der Waals surface area contributed by atoms with Crippen LogP contribution in [0.2, 0.25) is 0 Å². The average molecular weight is 358 g/mol. The number of carbonyl (C=O) groups excluding carboxylic acids is 2. The Morgan fingerprint density at radius 3 is 2.88 bits per heavy atom. The summed E-state index contributed by atoms with van der Waals surface area (Å²) in [5, 5.41) is 14.9. The molecule has 1 atom stereocenters. The van der Waals surface area contributed by atoms with Crippen molar-refractivity contribution in [1.82, 2.24) is 30.4 Å². The molecule has 1 fully saturated rings. The van der Waals surface area contributed by atoms with Crippen LogP contribution < -0.4 is 5.32 Å². The Morgan fingerprint density at radius 2 is 2.12 bits per heavy atom. The van der Waals surface area contributed by atoms with Crippen molar-refractivity contribution in [2.45, 2.75) is 64.6 Å². The second-order valence-electron chi connectivity index (χ2n) is 7.15. The van der Waals surface area contributed by atoms with E-state index >= 15 is 0 Å². The number of amides is 3. The van der Waals surface area contributed by atoms with Gasteiger partial charge in [0.25, 0.3) is 5.91 Å². The monoisotopic (exact) mass is 358 g/mol. The van der Waals surface area contributed by atoms with E-state index in [1.165, 1.54) is 4.90 Å². The minimum absolute atomic E-state index is 0.151. The Bertz CT molecular complexity index is 839. The maximum absolute atomic E-state index is 12.7. The highest BCUT2D eigenvalue weighted by Gasteiger charge is 2.39. The van der Waals surface area contributed by atoms with Crippen molar-refractivity contribution < 1.29 is 14.1 Å². The topological polar surface area (TPSA) is 106 Å². The first-order chi connectivity index (χ1) is 12.5. The molecule has 1 aliphatic carbocycles. The Labute approximate surface area is 150 Å². The van der Waals surface area contributed by atoms with E-state index in [0.717, 1.165) is 37.0 Å². The van der Waals surface area contributed by atoms with Gasteiger partial charge < -0.3 is 9.84 Å². The van der Waals surface area contributed by atoms with Gasteiger partial charge in [0.05, 0.1) is 12.2 Å². The molecule has 1 saturated heterocycles. The fraction of sp³-hybridized carbons (Fsp3) is 0.588. The van der Waals surface area contributed by atoms with E-state index in [2.05, 4.69) is 20.8 Å². The van der Waals surface area contributed by atoms with Crippen LogP contribution in [0.3, 0.4) is 0 Å². The molecule has 0 bridgehead atoms. The van der Waals surface area contributed by atoms with Gasteiger partial charge in [0.1, 0.15) is 17.5 Å². The van der Waals surface area contributed by atoms with Gasteiger partial charge in [0.2, 0.25) is 0 Å². The quantitative estimate of drug-likeness (QED) is 0.810. The molecule has 26 heavy (non-hydrogen) atoms. The van der Waals surface area contributed by atoms with Gasteiger partial charge >= 0.3 is 6.03 Å². The Kier molecular flexibility index (Phi) is 4.21. The third kappa shape index (κ3) is 2.97. The van der Waals surface area contributed by atoms with Gasteiger partial charge in [-0.15, -0.1) is 5.10 Å². The van der Waals surface area contributed by atoms with E-state index < -0.39 is 12.1 Å². The molecule has 2 aromatic rings. The first-order valence-corrected chi connectivity index (χ1v) is 9.02. The molecule has 0 unspecified atom stereocenters. The van der Waals surface area contributed by atoms with Crippen molar-refractivity contribution in [3.63, 3.8) is 0 Å². The van der Waals surface area contributed by atoms with E-state index in [1.54, 1.807) is 10.9 Å². The van der Waals surface area contributed by atoms with Crippen LogP contribution in [0.15, 0.2) is 10.7 Å². The molecular formula is C17H22N6O3. The maximum atomic E-state index is 12.7. The van der Waals surface area contributed by atoms with Crippen LogP contribution in [0.1, 0.15) is 55.4 Å². The molecule has 4 rings (SSSR count). The van der Waals surface area contributed by atoms with E-state index in [1.807, 2.05) is 13.8 Å². The standard InChI is InChI=1S/C17H22N6O3/c1-10(2)23-8-11(19-21-23)7-13-16(24)22(17(25)18-13)9-14-12-5-3-4-6-15(12)26-20-14/h8,10,13H,3-7,9H2,1-2H3,(H,18,25)/t13-/m1/s1. The first kappa shape index (κ1) is 16.7. The van der Waals surface area contributed by atoms with E-state index in [9.17, 15) is 9.59 Å². The minimum Gasteiger partial charge on any atom is -0.361 e. The largest absolute Gasteiger partial charge is 0.361 e. The molecule has 3 heterocycles. The molecule has 1 aliphatic heterocycles. The first-order valence-electron chi connectivity index (χ1n) is 9.02. The van der Waals surface area contributed by atoms with Crippen LogP contribution in [-0.4, -0.2) is 43.0 Å². The molecule has 9 heteroatoms. The maximum Gasteiger partial charge on any atom is 0.325 e. The zero-order valence-corrected chi connectivity index (χ0v) is 14.9. The lowest BCUT2D eigenvalue weighted by atomic mass is 9.96. The lowest BCUT2D eigenvalue weighted by Gasteiger charge is -2.13. The van der Waals surface area contributed by atoms with Gasteiger partial charge in [-0.25, -0.2) is 9.48 Å². The van der Waals surface area contributed by atoms with Gasteiger partial charge in [-0.2, -0.15) is 0 Å². The third-order valence-corrected chi connectivity index (χ3v) is 4.95. The van der Waals surface area contributed by atoms with Gasteiger partial charge in [-0.1, -0.05) is 10.4 Å². The van der Waals surface area contributed by atoms with Gasteiger partial charge in [0.15, 0.2) is 0 Å². The number of hydrogen-bond acceptors (Lipinski definition) is 6. The fourth-order valence-electron chi connectivity index (χ4n) is 3.46. The van der Waals surface area contributed by atoms with E-state index in [4.69, 9.17) is 4.52 Å². The molecule has 0 radical (unpaired) electrons. The van der Waals surface area contributed by atoms with Crippen LogP contribution in [-0.2, 0) is 30.6 Å². The number of urea groups is 1. The molecule has 138 valence electrons. The third-order valence-electron chi connectivity index (χ3n) is 4.95. The summed E-state index contributed by atoms with van der Waals surface area (Å²) in [6, 6.07) is -0.827. The zero-order valence-electron chi connectivity index (χ0n) is 14.9. The number of nitrogens with zero attached hydrogens (tertiary/aromatic N) is 5. The van der Waals surface area contributed by atoms with E-state index in [0.29, 0.717) is 17.8 Å². The molecule has 1 N–H and O–H groups in total. The number of fused-ring (bicyclic) bond motifs is 1. The predicted molar refractivity (Wildman–Crippen MR) is 90.1 cm³/mol. The van der Waals surface area contributed by atoms with Crippen LogP contribution in [0.4, 0.5) is 4.79 Å². The normalized spacial score (nSPS) is 20.0. The zero-order chi connectivity index (χ0) is 18.3. The second kappa shape index (κ2) is 6.54. The summed E-state index contributed by atoms with van der Waals surface area (Å²) in [5.74, 6) is 0.627. The smallest absolute Gasteiger partial charge is 0.325 e. The van der Waals surface area contributed by atoms with Gasteiger partial charge in [-0.3, -0.25) is 9.69 Å². The predicted octanol–water partition coefficient (Wildman–Crippen LogP) is 1.39. The summed E-state index contributed by atoms with van der Waals surface area (Å²) < 4.78 is 7.11. The van der Waals surface area contributed by atoms with Crippen LogP contribution in [0.25, 0.3) is 0 Å². The highest BCUT2D eigenvalue weighted by atomic mass is 16.5. The van der Waals surface area contributed by atoms with Gasteiger partial charge in [-0.05, 0) is 33.1 Å². The molecular weight excluding hydrogens is 336 g/mol. The number of nitrogens with one attached hydrogen (secondary N) is 1. The molecule has 0 aromatic carbocycles. The number of aryl methyl sites for hydroxylation is 1. The number of aromatic nitrogens is 4. The summed E-state index contributed by atoms with van der Waals surface area (Å²) in [7, 11) is 0. The molecule has 2 aromatic heterocycles. The fourth-order valence-corrected chi connectivity index (χ4v) is 3.46. The number of hydrogen-bond donors (Lipinski definition) is 1. The lowest BCUT2D eigenvalue weighted by molar-refractivity contribution is -0.127. The minimum atomic E-state index is -0.623. The van der Waals surface area contributed by atoms with Crippen molar-refractivity contribution in [3.8, 4) is 0 Å². The number of carbonyl (C=O) groups is 2. The summed E-state index contributed by atoms with van der Waals surface area (Å²) >= 11 is 0. The highest BCUT2D eigenvalue weighted by molar-refractivity contribution is 6.04.